The molecule has 1 aromatic heterocycles. The molecule has 29 heavy (non-hydrogen) atoms. The number of nitrogens with one attached hydrogen (secondary N) is 2. The van der Waals surface area contributed by atoms with Crippen molar-refractivity contribution in [2.75, 3.05) is 26.2 Å². The van der Waals surface area contributed by atoms with Crippen molar-refractivity contribution in [3.05, 3.63) is 60.0 Å². The average molecular weight is 417 g/mol. The molecule has 7 heteroatoms. The maximum absolute atomic E-state index is 13.2. The third kappa shape index (κ3) is 4.61. The fourth-order valence-corrected chi connectivity index (χ4v) is 3.93. The summed E-state index contributed by atoms with van der Waals surface area (Å²) in [5.74, 6) is -0.257. The Bertz CT molecular complexity index is 967. The monoisotopic (exact) mass is 416 g/mol. The zero-order valence-corrected chi connectivity index (χ0v) is 17.0. The largest absolute Gasteiger partial charge is 0.351 e. The van der Waals surface area contributed by atoms with Crippen molar-refractivity contribution in [3.8, 4) is 11.1 Å². The normalized spacial score (nSPS) is 14.6. The maximum atomic E-state index is 13.2. The van der Waals surface area contributed by atoms with Crippen molar-refractivity contribution >= 4 is 29.2 Å². The Kier molecular flexibility index (Phi) is 6.90. The molecule has 3 aromatic rings. The van der Waals surface area contributed by atoms with E-state index in [4.69, 9.17) is 5.73 Å². The minimum absolute atomic E-state index is 0. The van der Waals surface area contributed by atoms with Gasteiger partial charge in [-0.15, -0.1) is 12.4 Å². The van der Waals surface area contributed by atoms with E-state index in [-0.39, 0.29) is 30.2 Å². The number of rotatable bonds is 5. The van der Waals surface area contributed by atoms with Crippen LogP contribution < -0.4 is 11.1 Å². The molecule has 5 nitrogen and oxygen atoms in total. The Morgan fingerprint density at radius 3 is 2.45 bits per heavy atom. The van der Waals surface area contributed by atoms with Gasteiger partial charge in [0.25, 0.3) is 5.91 Å². The van der Waals surface area contributed by atoms with Crippen LogP contribution in [0.25, 0.3) is 22.0 Å². The highest BCUT2D eigenvalue weighted by atomic mass is 35.5. The second-order valence-corrected chi connectivity index (χ2v) is 7.26. The van der Waals surface area contributed by atoms with Gasteiger partial charge in [0.05, 0.1) is 0 Å². The number of benzene rings is 2. The van der Waals surface area contributed by atoms with Gasteiger partial charge in [-0.25, -0.2) is 4.39 Å². The number of carbonyl (C=O) groups excluding carboxylic acids is 1. The number of halogens is 2. The van der Waals surface area contributed by atoms with E-state index in [9.17, 15) is 9.18 Å². The maximum Gasteiger partial charge on any atom is 0.270 e. The van der Waals surface area contributed by atoms with E-state index in [1.54, 1.807) is 12.1 Å². The van der Waals surface area contributed by atoms with Crippen molar-refractivity contribution in [1.29, 1.82) is 0 Å². The molecule has 1 fully saturated rings. The number of fused-ring (bicyclic) bond motifs is 1. The molecule has 1 aliphatic heterocycles. The van der Waals surface area contributed by atoms with E-state index in [2.05, 4.69) is 10.3 Å². The van der Waals surface area contributed by atoms with Gasteiger partial charge in [-0.05, 0) is 61.3 Å². The average Bonchev–Trinajstić information content (AvgIpc) is 3.16. The number of H-pyrrole nitrogens is 1. The molecule has 0 radical (unpaired) electrons. The molecule has 0 bridgehead atoms. The lowest BCUT2D eigenvalue weighted by Crippen LogP contribution is -2.48. The molecular weight excluding hydrogens is 391 g/mol. The van der Waals surface area contributed by atoms with Gasteiger partial charge in [0, 0.05) is 30.0 Å². The van der Waals surface area contributed by atoms with Crippen LogP contribution in [0.3, 0.4) is 0 Å². The number of aromatic amines is 1. The Morgan fingerprint density at radius 1 is 1.07 bits per heavy atom. The van der Waals surface area contributed by atoms with Gasteiger partial charge < -0.3 is 20.9 Å². The van der Waals surface area contributed by atoms with Crippen LogP contribution in [-0.2, 0) is 0 Å². The molecule has 2 aromatic carbocycles. The molecule has 4 N–H and O–H groups in total. The summed E-state index contributed by atoms with van der Waals surface area (Å²) in [6.07, 6.45) is 1.89. The smallest absolute Gasteiger partial charge is 0.270 e. The molecule has 2 heterocycles. The Labute approximate surface area is 175 Å². The number of amides is 1. The number of aromatic nitrogens is 1. The van der Waals surface area contributed by atoms with E-state index >= 15 is 0 Å². The predicted octanol–water partition coefficient (Wildman–Crippen LogP) is 3.55. The molecule has 0 unspecified atom stereocenters. The molecule has 0 spiro atoms. The van der Waals surface area contributed by atoms with E-state index in [0.29, 0.717) is 18.8 Å². The minimum atomic E-state index is -0.254. The van der Waals surface area contributed by atoms with Crippen LogP contribution in [0.2, 0.25) is 0 Å². The SMILES string of the molecule is Cl.NCCN(C(=O)c1cc2ccc(-c3ccc(F)cc3)cc2[nH]1)C1CCNCC1. The highest BCUT2D eigenvalue weighted by molar-refractivity contribution is 5.99. The van der Waals surface area contributed by atoms with Crippen molar-refractivity contribution in [2.24, 2.45) is 5.73 Å². The van der Waals surface area contributed by atoms with Gasteiger partial charge in [-0.2, -0.15) is 0 Å². The summed E-state index contributed by atoms with van der Waals surface area (Å²) in [5, 5.41) is 4.32. The number of hydrogen-bond donors (Lipinski definition) is 3. The number of nitrogens with zero attached hydrogens (tertiary/aromatic N) is 1. The van der Waals surface area contributed by atoms with Gasteiger partial charge in [-0.1, -0.05) is 24.3 Å². The predicted molar refractivity (Wildman–Crippen MR) is 117 cm³/mol. The third-order valence-corrected chi connectivity index (χ3v) is 5.41. The first-order valence-electron chi connectivity index (χ1n) is 9.76. The van der Waals surface area contributed by atoms with Crippen molar-refractivity contribution in [2.45, 2.75) is 18.9 Å². The Balaban J connectivity index is 0.00000240. The number of carbonyl (C=O) groups is 1. The van der Waals surface area contributed by atoms with Crippen molar-refractivity contribution in [1.82, 2.24) is 15.2 Å². The topological polar surface area (TPSA) is 74.1 Å². The van der Waals surface area contributed by atoms with E-state index in [0.717, 1.165) is 48.0 Å². The van der Waals surface area contributed by atoms with Crippen LogP contribution in [0.15, 0.2) is 48.5 Å². The Morgan fingerprint density at radius 2 is 1.76 bits per heavy atom. The summed E-state index contributed by atoms with van der Waals surface area (Å²) in [7, 11) is 0. The summed E-state index contributed by atoms with van der Waals surface area (Å²) in [6, 6.07) is 14.5. The summed E-state index contributed by atoms with van der Waals surface area (Å²) in [5.41, 5.74) is 9.16. The highest BCUT2D eigenvalue weighted by Crippen LogP contribution is 2.26. The molecule has 4 rings (SSSR count). The fraction of sp³-hybridized carbons (Fsp3) is 0.318. The van der Waals surface area contributed by atoms with Crippen LogP contribution in [0.4, 0.5) is 4.39 Å². The quantitative estimate of drug-likeness (QED) is 0.595. The molecule has 1 amide bonds. The lowest BCUT2D eigenvalue weighted by molar-refractivity contribution is 0.0645. The first-order chi connectivity index (χ1) is 13.7. The molecule has 0 atom stereocenters. The van der Waals surface area contributed by atoms with Gasteiger partial charge >= 0.3 is 0 Å². The lowest BCUT2D eigenvalue weighted by Gasteiger charge is -2.34. The van der Waals surface area contributed by atoms with Crippen LogP contribution in [0, 0.1) is 5.82 Å². The molecular formula is C22H26ClFN4O. The first-order valence-corrected chi connectivity index (χ1v) is 9.76. The lowest BCUT2D eigenvalue weighted by atomic mass is 10.0. The molecule has 1 aliphatic rings. The van der Waals surface area contributed by atoms with E-state index < -0.39 is 0 Å². The van der Waals surface area contributed by atoms with Crippen molar-refractivity contribution < 1.29 is 9.18 Å². The second-order valence-electron chi connectivity index (χ2n) is 7.26. The van der Waals surface area contributed by atoms with Gasteiger partial charge in [0.2, 0.25) is 0 Å². The molecule has 1 saturated heterocycles. The molecule has 0 saturated carbocycles. The van der Waals surface area contributed by atoms with Crippen LogP contribution in [0.5, 0.6) is 0 Å². The number of nitrogens with two attached hydrogens (primary N) is 1. The number of hydrogen-bond acceptors (Lipinski definition) is 3. The van der Waals surface area contributed by atoms with Crippen LogP contribution in [0.1, 0.15) is 23.3 Å². The Hall–Kier alpha value is -2.41. The zero-order valence-electron chi connectivity index (χ0n) is 16.2. The number of piperidine rings is 1. The molecule has 154 valence electrons. The second kappa shape index (κ2) is 9.39. The highest BCUT2D eigenvalue weighted by Gasteiger charge is 2.26. The van der Waals surface area contributed by atoms with Gasteiger partial charge in [-0.3, -0.25) is 4.79 Å². The zero-order chi connectivity index (χ0) is 19.5. The van der Waals surface area contributed by atoms with Gasteiger partial charge in [0.1, 0.15) is 11.5 Å². The first kappa shape index (κ1) is 21.3. The fourth-order valence-electron chi connectivity index (χ4n) is 3.93. The van der Waals surface area contributed by atoms with E-state index in [1.165, 1.54) is 12.1 Å². The minimum Gasteiger partial charge on any atom is -0.351 e. The van der Waals surface area contributed by atoms with Gasteiger partial charge in [0.15, 0.2) is 0 Å². The third-order valence-electron chi connectivity index (χ3n) is 5.41. The summed E-state index contributed by atoms with van der Waals surface area (Å²) in [4.78, 5) is 18.4. The van der Waals surface area contributed by atoms with Crippen LogP contribution in [-0.4, -0.2) is 48.0 Å². The standard InChI is InChI=1S/C22H25FN4O.ClH/c23-18-5-3-15(4-6-18)16-1-2-17-14-21(26-20(17)13-16)22(28)27(12-9-24)19-7-10-25-11-8-19;/h1-6,13-14,19,25-26H,7-12,24H2;1H. The summed E-state index contributed by atoms with van der Waals surface area (Å²) in [6.45, 7) is 2.85. The summed E-state index contributed by atoms with van der Waals surface area (Å²) >= 11 is 0. The summed E-state index contributed by atoms with van der Waals surface area (Å²) < 4.78 is 13.2. The van der Waals surface area contributed by atoms with Crippen LogP contribution >= 0.6 is 12.4 Å². The van der Waals surface area contributed by atoms with E-state index in [1.807, 2.05) is 29.2 Å². The van der Waals surface area contributed by atoms with Crippen molar-refractivity contribution in [3.63, 3.8) is 0 Å². The molecule has 0 aliphatic carbocycles.